The van der Waals surface area contributed by atoms with Crippen molar-refractivity contribution in [1.29, 1.82) is 0 Å². The minimum Gasteiger partial charge on any atom is -0.298 e. The van der Waals surface area contributed by atoms with Gasteiger partial charge in [0, 0.05) is 16.5 Å². The number of hydrogen-bond acceptors (Lipinski definition) is 5. The van der Waals surface area contributed by atoms with Gasteiger partial charge in [0.15, 0.2) is 17.4 Å². The molecule has 1 aromatic heterocycles. The highest BCUT2D eigenvalue weighted by molar-refractivity contribution is 6.30. The molecule has 21 heavy (non-hydrogen) atoms. The van der Waals surface area contributed by atoms with Crippen molar-refractivity contribution in [2.45, 2.75) is 18.8 Å². The molecular formula is C14H13ClN4O2. The van der Waals surface area contributed by atoms with Gasteiger partial charge in [0.25, 0.3) is 0 Å². The van der Waals surface area contributed by atoms with Crippen molar-refractivity contribution in [3.63, 3.8) is 0 Å². The quantitative estimate of drug-likeness (QED) is 0.622. The third-order valence-corrected chi connectivity index (χ3v) is 3.69. The molecule has 0 bridgehead atoms. The lowest BCUT2D eigenvalue weighted by Gasteiger charge is -2.10. The van der Waals surface area contributed by atoms with E-state index in [0.717, 1.165) is 12.8 Å². The number of rotatable bonds is 5. The molecule has 108 valence electrons. The zero-order chi connectivity index (χ0) is 15.0. The van der Waals surface area contributed by atoms with Crippen molar-refractivity contribution in [3.05, 3.63) is 40.7 Å². The second-order valence-corrected chi connectivity index (χ2v) is 5.55. The molecule has 0 spiro atoms. The third kappa shape index (κ3) is 2.85. The first kappa shape index (κ1) is 13.9. The number of hydrogen-bond donors (Lipinski definition) is 0. The summed E-state index contributed by atoms with van der Waals surface area (Å²) in [5.41, 5.74) is 0.422. The number of aryl methyl sites for hydroxylation is 1. The van der Waals surface area contributed by atoms with Crippen molar-refractivity contribution in [3.8, 4) is 0 Å². The fourth-order valence-corrected chi connectivity index (χ4v) is 2.30. The highest BCUT2D eigenvalue weighted by Crippen LogP contribution is 2.36. The molecule has 1 heterocycles. The van der Waals surface area contributed by atoms with Gasteiger partial charge in [-0.3, -0.25) is 9.59 Å². The van der Waals surface area contributed by atoms with Crippen LogP contribution in [0.1, 0.15) is 34.9 Å². The first-order chi connectivity index (χ1) is 10.1. The summed E-state index contributed by atoms with van der Waals surface area (Å²) in [5.74, 6) is -1.31. The van der Waals surface area contributed by atoms with E-state index in [1.165, 1.54) is 4.80 Å². The van der Waals surface area contributed by atoms with Crippen molar-refractivity contribution >= 4 is 23.2 Å². The molecule has 0 aliphatic heterocycles. The van der Waals surface area contributed by atoms with Gasteiger partial charge in [-0.1, -0.05) is 11.6 Å². The Morgan fingerprint density at radius 3 is 2.48 bits per heavy atom. The Morgan fingerprint density at radius 1 is 1.29 bits per heavy atom. The van der Waals surface area contributed by atoms with Gasteiger partial charge in [-0.05, 0) is 42.3 Å². The number of tetrazole rings is 1. The van der Waals surface area contributed by atoms with E-state index in [4.69, 9.17) is 11.6 Å². The van der Waals surface area contributed by atoms with Gasteiger partial charge in [-0.2, -0.15) is 4.80 Å². The Bertz CT molecular complexity index is 691. The van der Waals surface area contributed by atoms with Gasteiger partial charge in [0.05, 0.1) is 7.05 Å². The molecule has 7 heteroatoms. The smallest absolute Gasteiger partial charge is 0.193 e. The number of aromatic nitrogens is 4. The molecule has 0 N–H and O–H groups in total. The lowest BCUT2D eigenvalue weighted by Crippen LogP contribution is -2.25. The summed E-state index contributed by atoms with van der Waals surface area (Å²) in [6.45, 7) is 0. The molecule has 0 saturated heterocycles. The third-order valence-electron chi connectivity index (χ3n) is 3.44. The first-order valence-corrected chi connectivity index (χ1v) is 7.01. The molecule has 0 radical (unpaired) electrons. The monoisotopic (exact) mass is 304 g/mol. The Labute approximate surface area is 126 Å². The van der Waals surface area contributed by atoms with Gasteiger partial charge in [0.1, 0.15) is 5.92 Å². The summed E-state index contributed by atoms with van der Waals surface area (Å²) in [5, 5.41) is 12.1. The average molecular weight is 305 g/mol. The van der Waals surface area contributed by atoms with Crippen LogP contribution in [-0.4, -0.2) is 31.8 Å². The highest BCUT2D eigenvalue weighted by atomic mass is 35.5. The van der Waals surface area contributed by atoms with E-state index < -0.39 is 5.92 Å². The maximum Gasteiger partial charge on any atom is 0.193 e. The molecule has 0 amide bonds. The number of nitrogens with zero attached hydrogens (tertiary/aromatic N) is 4. The Hall–Kier alpha value is -2.08. The lowest BCUT2D eigenvalue weighted by molar-refractivity contribution is -0.120. The molecule has 1 atom stereocenters. The van der Waals surface area contributed by atoms with Crippen molar-refractivity contribution in [1.82, 2.24) is 20.2 Å². The Kier molecular flexibility index (Phi) is 3.55. The molecule has 1 aliphatic rings. The standard InChI is InChI=1S/C14H13ClN4O2/c1-19-17-14(16-18-19)11(12(20)8-2-3-8)13(21)9-4-6-10(15)7-5-9/h4-8,11H,2-3H2,1H3. The van der Waals surface area contributed by atoms with E-state index in [0.29, 0.717) is 10.6 Å². The highest BCUT2D eigenvalue weighted by Gasteiger charge is 2.41. The van der Waals surface area contributed by atoms with Gasteiger partial charge in [-0.15, -0.1) is 10.2 Å². The van der Waals surface area contributed by atoms with E-state index in [1.807, 2.05) is 0 Å². The normalized spacial score (nSPS) is 15.7. The van der Waals surface area contributed by atoms with Crippen molar-refractivity contribution < 1.29 is 9.59 Å². The number of carbonyl (C=O) groups is 2. The summed E-state index contributed by atoms with van der Waals surface area (Å²) in [4.78, 5) is 26.3. The fourth-order valence-electron chi connectivity index (χ4n) is 2.17. The molecule has 6 nitrogen and oxygen atoms in total. The summed E-state index contributed by atoms with van der Waals surface area (Å²) >= 11 is 5.82. The fraction of sp³-hybridized carbons (Fsp3) is 0.357. The second kappa shape index (κ2) is 5.37. The summed E-state index contributed by atoms with van der Waals surface area (Å²) in [6.07, 6.45) is 1.65. The van der Waals surface area contributed by atoms with Crippen LogP contribution in [-0.2, 0) is 11.8 Å². The number of carbonyl (C=O) groups excluding carboxylic acids is 2. The molecule has 1 saturated carbocycles. The van der Waals surface area contributed by atoms with Gasteiger partial charge in [0.2, 0.25) is 0 Å². The van der Waals surface area contributed by atoms with Crippen molar-refractivity contribution in [2.75, 3.05) is 0 Å². The molecule has 1 unspecified atom stereocenters. The van der Waals surface area contributed by atoms with Crippen LogP contribution in [0.4, 0.5) is 0 Å². The van der Waals surface area contributed by atoms with Gasteiger partial charge >= 0.3 is 0 Å². The van der Waals surface area contributed by atoms with Crippen LogP contribution in [0.5, 0.6) is 0 Å². The minimum atomic E-state index is -0.979. The van der Waals surface area contributed by atoms with E-state index >= 15 is 0 Å². The number of ketones is 2. The van der Waals surface area contributed by atoms with Crippen LogP contribution >= 0.6 is 11.6 Å². The Morgan fingerprint density at radius 2 is 1.95 bits per heavy atom. The van der Waals surface area contributed by atoms with Crippen LogP contribution < -0.4 is 0 Å². The number of Topliss-reactive ketones (excluding diaryl/α,β-unsaturated/α-hetero) is 2. The Balaban J connectivity index is 1.96. The van der Waals surface area contributed by atoms with E-state index in [1.54, 1.807) is 31.3 Å². The van der Waals surface area contributed by atoms with E-state index in [-0.39, 0.29) is 23.3 Å². The summed E-state index contributed by atoms with van der Waals surface area (Å²) < 4.78 is 0. The molecule has 1 fully saturated rings. The van der Waals surface area contributed by atoms with Crippen LogP contribution in [0.3, 0.4) is 0 Å². The predicted octanol–water partition coefficient (Wildman–Crippen LogP) is 1.81. The topological polar surface area (TPSA) is 77.7 Å². The lowest BCUT2D eigenvalue weighted by atomic mass is 9.91. The summed E-state index contributed by atoms with van der Waals surface area (Å²) in [7, 11) is 1.60. The maximum atomic E-state index is 12.7. The maximum absolute atomic E-state index is 12.7. The molecule has 1 aliphatic carbocycles. The van der Waals surface area contributed by atoms with Crippen LogP contribution in [0, 0.1) is 5.92 Å². The zero-order valence-electron chi connectivity index (χ0n) is 11.4. The first-order valence-electron chi connectivity index (χ1n) is 6.63. The SMILES string of the molecule is Cn1nnc(C(C(=O)c2ccc(Cl)cc2)C(=O)C2CC2)n1. The number of benzene rings is 1. The molecule has 2 aromatic rings. The average Bonchev–Trinajstić information content (AvgIpc) is 3.23. The second-order valence-electron chi connectivity index (χ2n) is 5.12. The number of halogens is 1. The molecule has 3 rings (SSSR count). The van der Waals surface area contributed by atoms with Crippen LogP contribution in [0.2, 0.25) is 5.02 Å². The van der Waals surface area contributed by atoms with Crippen molar-refractivity contribution in [2.24, 2.45) is 13.0 Å². The van der Waals surface area contributed by atoms with E-state index in [9.17, 15) is 9.59 Å². The van der Waals surface area contributed by atoms with E-state index in [2.05, 4.69) is 15.4 Å². The largest absolute Gasteiger partial charge is 0.298 e. The van der Waals surface area contributed by atoms with Gasteiger partial charge in [-0.25, -0.2) is 0 Å². The van der Waals surface area contributed by atoms with Crippen LogP contribution in [0.15, 0.2) is 24.3 Å². The van der Waals surface area contributed by atoms with Gasteiger partial charge < -0.3 is 0 Å². The zero-order valence-corrected chi connectivity index (χ0v) is 12.1. The molecular weight excluding hydrogens is 292 g/mol. The predicted molar refractivity (Wildman–Crippen MR) is 75.1 cm³/mol. The van der Waals surface area contributed by atoms with Crippen LogP contribution in [0.25, 0.3) is 0 Å². The molecule has 1 aromatic carbocycles. The minimum absolute atomic E-state index is 0.0601. The summed E-state index contributed by atoms with van der Waals surface area (Å²) in [6, 6.07) is 6.46.